The molecule has 3 heteroatoms. The number of carbonyl (C=O) groups excluding carboxylic acids is 1. The van der Waals surface area contributed by atoms with Gasteiger partial charge in [-0.25, -0.2) is 5.43 Å². The quantitative estimate of drug-likeness (QED) is 0.513. The number of nitrogens with one attached hydrogen (secondary N) is 1. The minimum atomic E-state index is -0.355. The molecule has 3 nitrogen and oxygen atoms in total. The van der Waals surface area contributed by atoms with Gasteiger partial charge in [-0.1, -0.05) is 27.7 Å². The lowest BCUT2D eigenvalue weighted by Gasteiger charge is -2.14. The molecule has 2 atom stereocenters. The average molecular weight is 182 g/mol. The highest BCUT2D eigenvalue weighted by atomic mass is 16.2. The summed E-state index contributed by atoms with van der Waals surface area (Å²) in [4.78, 5) is 11.3. The molecule has 0 aromatic rings. The Bertz CT molecular complexity index is 228. The first-order valence-corrected chi connectivity index (χ1v) is 4.75. The van der Waals surface area contributed by atoms with Crippen molar-refractivity contribution in [2.75, 3.05) is 0 Å². The molecule has 0 spiro atoms. The Hall–Kier alpha value is -0.860. The van der Waals surface area contributed by atoms with Crippen molar-refractivity contribution in [2.24, 2.45) is 22.4 Å². The number of amides is 1. The van der Waals surface area contributed by atoms with Gasteiger partial charge in [-0.2, -0.15) is 5.10 Å². The van der Waals surface area contributed by atoms with Gasteiger partial charge in [0, 0.05) is 11.6 Å². The standard InChI is InChI=1S/C10H18N2O/c1-7-5-8(7)6-11-12-9(13)10(2,3)4/h6-8H,5H2,1-4H3,(H,12,13)/b11-6+. The zero-order valence-electron chi connectivity index (χ0n) is 8.79. The Morgan fingerprint density at radius 2 is 2.08 bits per heavy atom. The van der Waals surface area contributed by atoms with Crippen LogP contribution in [0.15, 0.2) is 5.10 Å². The van der Waals surface area contributed by atoms with Crippen LogP contribution in [0.25, 0.3) is 0 Å². The zero-order chi connectivity index (χ0) is 10.1. The molecule has 1 amide bonds. The molecule has 0 heterocycles. The largest absolute Gasteiger partial charge is 0.273 e. The van der Waals surface area contributed by atoms with Crippen molar-refractivity contribution < 1.29 is 4.79 Å². The zero-order valence-corrected chi connectivity index (χ0v) is 8.79. The number of carbonyl (C=O) groups is 1. The van der Waals surface area contributed by atoms with Crippen molar-refractivity contribution in [1.82, 2.24) is 5.43 Å². The fourth-order valence-electron chi connectivity index (χ4n) is 0.918. The molecule has 0 aliphatic heterocycles. The second-order valence-electron chi connectivity index (χ2n) is 4.85. The lowest BCUT2D eigenvalue weighted by atomic mass is 9.96. The molecule has 0 bridgehead atoms. The molecule has 1 aliphatic carbocycles. The summed E-state index contributed by atoms with van der Waals surface area (Å²) in [5.41, 5.74) is 2.19. The highest BCUT2D eigenvalue weighted by Crippen LogP contribution is 2.35. The number of hydrogen-bond donors (Lipinski definition) is 1. The summed E-state index contributed by atoms with van der Waals surface area (Å²) in [5.74, 6) is 1.30. The van der Waals surface area contributed by atoms with Gasteiger partial charge >= 0.3 is 0 Å². The van der Waals surface area contributed by atoms with Gasteiger partial charge < -0.3 is 0 Å². The lowest BCUT2D eigenvalue weighted by Crippen LogP contribution is -2.31. The molecule has 74 valence electrons. The first-order chi connectivity index (χ1) is 5.91. The molecule has 2 unspecified atom stereocenters. The first-order valence-electron chi connectivity index (χ1n) is 4.75. The van der Waals surface area contributed by atoms with Gasteiger partial charge in [0.1, 0.15) is 0 Å². The molecule has 1 aliphatic rings. The third-order valence-electron chi connectivity index (χ3n) is 2.29. The van der Waals surface area contributed by atoms with Gasteiger partial charge in [0.2, 0.25) is 5.91 Å². The summed E-state index contributed by atoms with van der Waals surface area (Å²) >= 11 is 0. The Morgan fingerprint density at radius 3 is 2.46 bits per heavy atom. The minimum Gasteiger partial charge on any atom is -0.273 e. The number of hydrogen-bond acceptors (Lipinski definition) is 2. The van der Waals surface area contributed by atoms with E-state index in [1.54, 1.807) is 0 Å². The number of rotatable bonds is 2. The molecular weight excluding hydrogens is 164 g/mol. The fraction of sp³-hybridized carbons (Fsp3) is 0.800. The molecule has 0 saturated heterocycles. The van der Waals surface area contributed by atoms with Crippen LogP contribution in [-0.2, 0) is 4.79 Å². The van der Waals surface area contributed by atoms with Crippen LogP contribution >= 0.6 is 0 Å². The third kappa shape index (κ3) is 3.17. The van der Waals surface area contributed by atoms with E-state index in [2.05, 4.69) is 17.5 Å². The van der Waals surface area contributed by atoms with Gasteiger partial charge in [-0.3, -0.25) is 4.79 Å². The first kappa shape index (κ1) is 10.2. The van der Waals surface area contributed by atoms with Crippen LogP contribution in [0.1, 0.15) is 34.1 Å². The SMILES string of the molecule is CC1CC1/C=N/NC(=O)C(C)(C)C. The van der Waals surface area contributed by atoms with Gasteiger partial charge in [0.25, 0.3) is 0 Å². The normalized spacial score (nSPS) is 27.7. The second-order valence-corrected chi connectivity index (χ2v) is 4.85. The molecule has 0 radical (unpaired) electrons. The summed E-state index contributed by atoms with van der Waals surface area (Å²) < 4.78 is 0. The van der Waals surface area contributed by atoms with Crippen LogP contribution in [0.4, 0.5) is 0 Å². The van der Waals surface area contributed by atoms with E-state index in [0.29, 0.717) is 5.92 Å². The summed E-state index contributed by atoms with van der Waals surface area (Å²) in [6.45, 7) is 7.80. The fourth-order valence-corrected chi connectivity index (χ4v) is 0.918. The molecule has 0 aromatic carbocycles. The van der Waals surface area contributed by atoms with Gasteiger partial charge in [-0.05, 0) is 18.3 Å². The van der Waals surface area contributed by atoms with Crippen molar-refractivity contribution in [2.45, 2.75) is 34.1 Å². The summed E-state index contributed by atoms with van der Waals surface area (Å²) in [7, 11) is 0. The summed E-state index contributed by atoms with van der Waals surface area (Å²) in [6, 6.07) is 0. The van der Waals surface area contributed by atoms with Gasteiger partial charge in [-0.15, -0.1) is 0 Å². The predicted molar refractivity (Wildman–Crippen MR) is 53.4 cm³/mol. The van der Waals surface area contributed by atoms with Crippen LogP contribution in [0, 0.1) is 17.3 Å². The van der Waals surface area contributed by atoms with Crippen molar-refractivity contribution in [1.29, 1.82) is 0 Å². The van der Waals surface area contributed by atoms with E-state index >= 15 is 0 Å². The van der Waals surface area contributed by atoms with E-state index in [9.17, 15) is 4.79 Å². The third-order valence-corrected chi connectivity index (χ3v) is 2.29. The molecule has 1 fully saturated rings. The maximum Gasteiger partial charge on any atom is 0.245 e. The van der Waals surface area contributed by atoms with E-state index in [0.717, 1.165) is 5.92 Å². The van der Waals surface area contributed by atoms with Crippen LogP contribution in [0.3, 0.4) is 0 Å². The topological polar surface area (TPSA) is 41.5 Å². The monoisotopic (exact) mass is 182 g/mol. The van der Waals surface area contributed by atoms with Crippen molar-refractivity contribution in [3.05, 3.63) is 0 Å². The molecule has 1 N–H and O–H groups in total. The van der Waals surface area contributed by atoms with Crippen LogP contribution in [0.2, 0.25) is 0 Å². The van der Waals surface area contributed by atoms with Crippen molar-refractivity contribution >= 4 is 12.1 Å². The van der Waals surface area contributed by atoms with Crippen LogP contribution < -0.4 is 5.43 Å². The van der Waals surface area contributed by atoms with E-state index in [-0.39, 0.29) is 11.3 Å². The predicted octanol–water partition coefficient (Wildman–Crippen LogP) is 1.79. The molecule has 1 rings (SSSR count). The summed E-state index contributed by atoms with van der Waals surface area (Å²) in [5, 5.41) is 3.93. The van der Waals surface area contributed by atoms with Crippen molar-refractivity contribution in [3.63, 3.8) is 0 Å². The highest BCUT2D eigenvalue weighted by Gasteiger charge is 2.30. The maximum atomic E-state index is 11.3. The smallest absolute Gasteiger partial charge is 0.245 e. The Morgan fingerprint density at radius 1 is 1.54 bits per heavy atom. The maximum absolute atomic E-state index is 11.3. The number of hydrazone groups is 1. The van der Waals surface area contributed by atoms with E-state index in [1.165, 1.54) is 6.42 Å². The molecular formula is C10H18N2O. The van der Waals surface area contributed by atoms with E-state index in [1.807, 2.05) is 27.0 Å². The molecule has 0 aromatic heterocycles. The molecule has 13 heavy (non-hydrogen) atoms. The van der Waals surface area contributed by atoms with Crippen LogP contribution in [0.5, 0.6) is 0 Å². The van der Waals surface area contributed by atoms with Crippen LogP contribution in [-0.4, -0.2) is 12.1 Å². The van der Waals surface area contributed by atoms with Crippen molar-refractivity contribution in [3.8, 4) is 0 Å². The van der Waals surface area contributed by atoms with Gasteiger partial charge in [0.05, 0.1) is 0 Å². The Balaban J connectivity index is 2.26. The highest BCUT2D eigenvalue weighted by molar-refractivity contribution is 5.82. The van der Waals surface area contributed by atoms with E-state index < -0.39 is 0 Å². The minimum absolute atomic E-state index is 0.0305. The van der Waals surface area contributed by atoms with E-state index in [4.69, 9.17) is 0 Å². The summed E-state index contributed by atoms with van der Waals surface area (Å²) in [6.07, 6.45) is 3.04. The number of nitrogens with zero attached hydrogens (tertiary/aromatic N) is 1. The van der Waals surface area contributed by atoms with Gasteiger partial charge in [0.15, 0.2) is 0 Å². The molecule has 1 saturated carbocycles. The second kappa shape index (κ2) is 3.48. The Kier molecular flexibility index (Phi) is 2.74. The average Bonchev–Trinajstić information content (AvgIpc) is 2.64. The Labute approximate surface area is 79.6 Å². The lowest BCUT2D eigenvalue weighted by molar-refractivity contribution is -0.128.